The van der Waals surface area contributed by atoms with E-state index in [1.54, 1.807) is 0 Å². The van der Waals surface area contributed by atoms with E-state index >= 15 is 0 Å². The summed E-state index contributed by atoms with van der Waals surface area (Å²) in [5, 5.41) is 9.39. The highest BCUT2D eigenvalue weighted by Gasteiger charge is 2.41. The van der Waals surface area contributed by atoms with Crippen LogP contribution in [0.4, 0.5) is 0 Å². The van der Waals surface area contributed by atoms with E-state index in [0.29, 0.717) is 32.4 Å². The van der Waals surface area contributed by atoms with Gasteiger partial charge in [0, 0.05) is 26.2 Å². The number of hydrogen-bond donors (Lipinski definition) is 1. The molecule has 1 atom stereocenters. The molecule has 1 N–H and O–H groups in total. The number of aliphatic carboxylic acids is 1. The molecule has 1 unspecified atom stereocenters. The Morgan fingerprint density at radius 1 is 1.20 bits per heavy atom. The van der Waals surface area contributed by atoms with Crippen molar-refractivity contribution >= 4 is 11.9 Å². The fourth-order valence-electron chi connectivity index (χ4n) is 3.01. The number of carbonyl (C=O) groups is 2. The summed E-state index contributed by atoms with van der Waals surface area (Å²) in [5.41, 5.74) is -0.589. The van der Waals surface area contributed by atoms with Crippen molar-refractivity contribution in [2.24, 2.45) is 5.41 Å². The zero-order chi connectivity index (χ0) is 15.3. The Morgan fingerprint density at radius 2 is 1.70 bits per heavy atom. The summed E-state index contributed by atoms with van der Waals surface area (Å²) >= 11 is 0. The smallest absolute Gasteiger partial charge is 0.309 e. The molecule has 0 bridgehead atoms. The standard InChI is InChI=1S/C15H28N2O3/c1-5-15(14(19)20)8-10-17(11-9-15)12(4)13(18)16(6-2)7-3/h12H,5-11H2,1-4H3,(H,19,20). The SMILES string of the molecule is CCN(CC)C(=O)C(C)N1CCC(CC)(C(=O)O)CC1. The minimum atomic E-state index is -0.692. The zero-order valence-electron chi connectivity index (χ0n) is 13.2. The molecule has 0 saturated carbocycles. The minimum absolute atomic E-state index is 0.148. The molecule has 1 saturated heterocycles. The largest absolute Gasteiger partial charge is 0.481 e. The fourth-order valence-corrected chi connectivity index (χ4v) is 3.01. The third kappa shape index (κ3) is 3.32. The number of hydrogen-bond acceptors (Lipinski definition) is 3. The maximum absolute atomic E-state index is 12.3. The molecule has 5 nitrogen and oxygen atoms in total. The Labute approximate surface area is 121 Å². The van der Waals surface area contributed by atoms with Gasteiger partial charge in [0.15, 0.2) is 0 Å². The highest BCUT2D eigenvalue weighted by Crippen LogP contribution is 2.35. The molecule has 1 rings (SSSR count). The van der Waals surface area contributed by atoms with Crippen molar-refractivity contribution < 1.29 is 14.7 Å². The Bertz CT molecular complexity index is 345. The third-order valence-corrected chi connectivity index (χ3v) is 4.87. The number of piperidine rings is 1. The molecule has 0 aromatic heterocycles. The molecule has 1 aliphatic heterocycles. The van der Waals surface area contributed by atoms with E-state index in [9.17, 15) is 14.7 Å². The first-order valence-electron chi connectivity index (χ1n) is 7.68. The van der Waals surface area contributed by atoms with E-state index in [2.05, 4.69) is 4.90 Å². The van der Waals surface area contributed by atoms with E-state index in [1.807, 2.05) is 32.6 Å². The Hall–Kier alpha value is -1.10. The lowest BCUT2D eigenvalue weighted by atomic mass is 9.76. The van der Waals surface area contributed by atoms with E-state index in [4.69, 9.17) is 0 Å². The monoisotopic (exact) mass is 284 g/mol. The Balaban J connectivity index is 2.65. The topological polar surface area (TPSA) is 60.9 Å². The maximum atomic E-state index is 12.3. The van der Waals surface area contributed by atoms with Crippen LogP contribution >= 0.6 is 0 Å². The van der Waals surface area contributed by atoms with E-state index in [-0.39, 0.29) is 11.9 Å². The molecule has 1 heterocycles. The highest BCUT2D eigenvalue weighted by atomic mass is 16.4. The Morgan fingerprint density at radius 3 is 2.05 bits per heavy atom. The van der Waals surface area contributed by atoms with Crippen molar-refractivity contribution in [1.82, 2.24) is 9.80 Å². The van der Waals surface area contributed by atoms with Crippen molar-refractivity contribution in [3.63, 3.8) is 0 Å². The van der Waals surface area contributed by atoms with Gasteiger partial charge in [0.25, 0.3) is 0 Å². The maximum Gasteiger partial charge on any atom is 0.309 e. The number of nitrogens with zero attached hydrogens (tertiary/aromatic N) is 2. The molecule has 20 heavy (non-hydrogen) atoms. The highest BCUT2D eigenvalue weighted by molar-refractivity contribution is 5.81. The summed E-state index contributed by atoms with van der Waals surface area (Å²) in [5.74, 6) is -0.545. The van der Waals surface area contributed by atoms with Gasteiger partial charge in [-0.05, 0) is 40.0 Å². The van der Waals surface area contributed by atoms with Crippen molar-refractivity contribution in [3.05, 3.63) is 0 Å². The molecule has 0 radical (unpaired) electrons. The summed E-state index contributed by atoms with van der Waals surface area (Å²) in [4.78, 5) is 27.7. The molecule has 1 amide bonds. The van der Waals surface area contributed by atoms with Gasteiger partial charge in [-0.3, -0.25) is 14.5 Å². The molecule has 116 valence electrons. The van der Waals surface area contributed by atoms with Crippen molar-refractivity contribution in [1.29, 1.82) is 0 Å². The van der Waals surface area contributed by atoms with Crippen molar-refractivity contribution in [2.75, 3.05) is 26.2 Å². The van der Waals surface area contributed by atoms with E-state index < -0.39 is 11.4 Å². The zero-order valence-corrected chi connectivity index (χ0v) is 13.2. The lowest BCUT2D eigenvalue weighted by molar-refractivity contribution is -0.153. The first-order valence-corrected chi connectivity index (χ1v) is 7.68. The van der Waals surface area contributed by atoms with Crippen molar-refractivity contribution in [3.8, 4) is 0 Å². The van der Waals surface area contributed by atoms with Crippen LogP contribution in [0.15, 0.2) is 0 Å². The summed E-state index contributed by atoms with van der Waals surface area (Å²) < 4.78 is 0. The van der Waals surface area contributed by atoms with Gasteiger partial charge in [-0.15, -0.1) is 0 Å². The second-order valence-corrected chi connectivity index (χ2v) is 5.66. The molecule has 0 aromatic carbocycles. The molecular weight excluding hydrogens is 256 g/mol. The molecule has 1 aliphatic rings. The first-order chi connectivity index (χ1) is 9.41. The van der Waals surface area contributed by atoms with Crippen LogP contribution in [0.3, 0.4) is 0 Å². The van der Waals surface area contributed by atoms with Gasteiger partial charge in [-0.1, -0.05) is 6.92 Å². The minimum Gasteiger partial charge on any atom is -0.481 e. The van der Waals surface area contributed by atoms with Gasteiger partial charge in [0.05, 0.1) is 11.5 Å². The predicted octanol–water partition coefficient (Wildman–Crippen LogP) is 1.82. The number of likely N-dealkylation sites (tertiary alicyclic amines) is 1. The fraction of sp³-hybridized carbons (Fsp3) is 0.867. The second kappa shape index (κ2) is 7.07. The van der Waals surface area contributed by atoms with Gasteiger partial charge >= 0.3 is 5.97 Å². The number of carboxylic acids is 1. The van der Waals surface area contributed by atoms with Gasteiger partial charge in [0.2, 0.25) is 5.91 Å². The summed E-state index contributed by atoms with van der Waals surface area (Å²) in [7, 11) is 0. The predicted molar refractivity (Wildman–Crippen MR) is 78.6 cm³/mol. The molecule has 0 spiro atoms. The van der Waals surface area contributed by atoms with Crippen LogP contribution in [-0.2, 0) is 9.59 Å². The normalized spacial score (nSPS) is 20.4. The van der Waals surface area contributed by atoms with Crippen LogP contribution in [-0.4, -0.2) is 59.0 Å². The molecular formula is C15H28N2O3. The van der Waals surface area contributed by atoms with Gasteiger partial charge < -0.3 is 10.0 Å². The van der Waals surface area contributed by atoms with Crippen LogP contribution in [0, 0.1) is 5.41 Å². The summed E-state index contributed by atoms with van der Waals surface area (Å²) in [6.45, 7) is 10.7. The van der Waals surface area contributed by atoms with E-state index in [1.165, 1.54) is 0 Å². The van der Waals surface area contributed by atoms with Crippen molar-refractivity contribution in [2.45, 2.75) is 53.0 Å². The molecule has 0 aromatic rings. The van der Waals surface area contributed by atoms with Crippen LogP contribution in [0.2, 0.25) is 0 Å². The number of likely N-dealkylation sites (N-methyl/N-ethyl adjacent to an activating group) is 1. The summed E-state index contributed by atoms with van der Waals surface area (Å²) in [6, 6.07) is -0.154. The first kappa shape index (κ1) is 17.0. The lowest BCUT2D eigenvalue weighted by Gasteiger charge is -2.41. The second-order valence-electron chi connectivity index (χ2n) is 5.66. The van der Waals surface area contributed by atoms with Gasteiger partial charge in [0.1, 0.15) is 0 Å². The number of carboxylic acid groups (broad SMARTS) is 1. The van der Waals surface area contributed by atoms with Crippen LogP contribution < -0.4 is 0 Å². The van der Waals surface area contributed by atoms with Gasteiger partial charge in [-0.25, -0.2) is 0 Å². The number of rotatable bonds is 6. The van der Waals surface area contributed by atoms with Crippen LogP contribution in [0.1, 0.15) is 47.0 Å². The average Bonchev–Trinajstić information content (AvgIpc) is 2.47. The van der Waals surface area contributed by atoms with E-state index in [0.717, 1.165) is 13.1 Å². The number of carbonyl (C=O) groups excluding carboxylic acids is 1. The third-order valence-electron chi connectivity index (χ3n) is 4.87. The molecule has 0 aliphatic carbocycles. The average molecular weight is 284 g/mol. The van der Waals surface area contributed by atoms with Gasteiger partial charge in [-0.2, -0.15) is 0 Å². The molecule has 5 heteroatoms. The van der Waals surface area contributed by atoms with Crippen LogP contribution in [0.5, 0.6) is 0 Å². The Kier molecular flexibility index (Phi) is 5.99. The molecule has 1 fully saturated rings. The lowest BCUT2D eigenvalue weighted by Crippen LogP contribution is -2.52. The quantitative estimate of drug-likeness (QED) is 0.808. The summed E-state index contributed by atoms with van der Waals surface area (Å²) in [6.07, 6.45) is 1.93. The number of amides is 1. The van der Waals surface area contributed by atoms with Crippen LogP contribution in [0.25, 0.3) is 0 Å².